The van der Waals surface area contributed by atoms with E-state index >= 15 is 0 Å². The van der Waals surface area contributed by atoms with Crippen molar-refractivity contribution >= 4 is 17.2 Å². The van der Waals surface area contributed by atoms with Gasteiger partial charge in [-0.3, -0.25) is 4.79 Å². The van der Waals surface area contributed by atoms with Crippen LogP contribution in [-0.2, 0) is 17.8 Å². The SMILES string of the molecule is O=C(Cc1csc(-c2ccco2)n1)NCc1cn(-c2ccccc2)nc1-c1ccccc1. The van der Waals surface area contributed by atoms with Crippen LogP contribution in [0.15, 0.2) is 95.1 Å². The Kier molecular flexibility index (Phi) is 5.63. The van der Waals surface area contributed by atoms with Gasteiger partial charge in [0.2, 0.25) is 5.91 Å². The quantitative estimate of drug-likeness (QED) is 0.381. The molecule has 158 valence electrons. The van der Waals surface area contributed by atoms with Crippen molar-refractivity contribution in [3.05, 3.63) is 102 Å². The number of amides is 1. The predicted molar refractivity (Wildman–Crippen MR) is 124 cm³/mol. The number of nitrogens with zero attached hydrogens (tertiary/aromatic N) is 3. The van der Waals surface area contributed by atoms with Crippen molar-refractivity contribution in [2.75, 3.05) is 0 Å². The fourth-order valence-electron chi connectivity index (χ4n) is 3.41. The summed E-state index contributed by atoms with van der Waals surface area (Å²) in [6.45, 7) is 0.380. The predicted octanol–water partition coefficient (Wildman–Crippen LogP) is 5.11. The van der Waals surface area contributed by atoms with Crippen LogP contribution >= 0.6 is 11.3 Å². The summed E-state index contributed by atoms with van der Waals surface area (Å²) >= 11 is 1.47. The van der Waals surface area contributed by atoms with Crippen molar-refractivity contribution in [3.8, 4) is 27.7 Å². The highest BCUT2D eigenvalue weighted by Gasteiger charge is 2.15. The normalized spacial score (nSPS) is 10.9. The van der Waals surface area contributed by atoms with Gasteiger partial charge in [-0.25, -0.2) is 9.67 Å². The first kappa shape index (κ1) is 20.0. The average Bonchev–Trinajstić information content (AvgIpc) is 3.59. The number of thiazole rings is 1. The molecule has 3 heterocycles. The zero-order valence-corrected chi connectivity index (χ0v) is 18.0. The molecule has 32 heavy (non-hydrogen) atoms. The number of furan rings is 1. The Hall–Kier alpha value is -3.97. The third-order valence-corrected chi connectivity index (χ3v) is 5.87. The lowest BCUT2D eigenvalue weighted by Crippen LogP contribution is -2.24. The van der Waals surface area contributed by atoms with E-state index in [1.54, 1.807) is 6.26 Å². The highest BCUT2D eigenvalue weighted by molar-refractivity contribution is 7.13. The summed E-state index contributed by atoms with van der Waals surface area (Å²) in [5.74, 6) is 0.621. The van der Waals surface area contributed by atoms with Gasteiger partial charge in [0.25, 0.3) is 0 Å². The largest absolute Gasteiger partial charge is 0.462 e. The van der Waals surface area contributed by atoms with E-state index < -0.39 is 0 Å². The first-order chi connectivity index (χ1) is 15.8. The molecular weight excluding hydrogens is 420 g/mol. The number of benzene rings is 2. The highest BCUT2D eigenvalue weighted by atomic mass is 32.1. The molecule has 0 fully saturated rings. The highest BCUT2D eigenvalue weighted by Crippen LogP contribution is 2.25. The van der Waals surface area contributed by atoms with Crippen LogP contribution < -0.4 is 5.32 Å². The van der Waals surface area contributed by atoms with Crippen molar-refractivity contribution in [1.29, 1.82) is 0 Å². The molecule has 0 spiro atoms. The molecular formula is C25H20N4O2S. The minimum absolute atomic E-state index is 0.0900. The van der Waals surface area contributed by atoms with Crippen LogP contribution in [-0.4, -0.2) is 20.7 Å². The summed E-state index contributed by atoms with van der Waals surface area (Å²) in [6.07, 6.45) is 3.80. The Labute approximate surface area is 189 Å². The van der Waals surface area contributed by atoms with E-state index in [2.05, 4.69) is 10.3 Å². The van der Waals surface area contributed by atoms with Crippen LogP contribution in [0.1, 0.15) is 11.3 Å². The summed E-state index contributed by atoms with van der Waals surface area (Å²) in [6, 6.07) is 23.6. The lowest BCUT2D eigenvalue weighted by molar-refractivity contribution is -0.120. The third-order valence-electron chi connectivity index (χ3n) is 4.96. The Morgan fingerprint density at radius 3 is 2.53 bits per heavy atom. The number of hydrogen-bond acceptors (Lipinski definition) is 5. The van der Waals surface area contributed by atoms with Gasteiger partial charge in [-0.05, 0) is 24.3 Å². The fraction of sp³-hybridized carbons (Fsp3) is 0.0800. The maximum Gasteiger partial charge on any atom is 0.226 e. The molecule has 2 aromatic carbocycles. The molecule has 0 saturated heterocycles. The number of nitrogens with one attached hydrogen (secondary N) is 1. The molecule has 0 aliphatic rings. The summed E-state index contributed by atoms with van der Waals surface area (Å²) in [4.78, 5) is 17.1. The monoisotopic (exact) mass is 440 g/mol. The number of rotatable bonds is 7. The molecule has 6 nitrogen and oxygen atoms in total. The number of hydrogen-bond donors (Lipinski definition) is 1. The second kappa shape index (κ2) is 9.03. The number of para-hydroxylation sites is 1. The average molecular weight is 441 g/mol. The number of carbonyl (C=O) groups is 1. The first-order valence-corrected chi connectivity index (χ1v) is 11.1. The van der Waals surface area contributed by atoms with Gasteiger partial charge in [0.15, 0.2) is 10.8 Å². The van der Waals surface area contributed by atoms with Gasteiger partial charge in [0.05, 0.1) is 29.8 Å². The molecule has 0 radical (unpaired) electrons. The van der Waals surface area contributed by atoms with Crippen LogP contribution in [0.5, 0.6) is 0 Å². The molecule has 0 saturated carbocycles. The summed E-state index contributed by atoms with van der Waals surface area (Å²) in [5, 5.41) is 10.5. The van der Waals surface area contributed by atoms with E-state index in [1.165, 1.54) is 11.3 Å². The minimum Gasteiger partial charge on any atom is -0.462 e. The molecule has 0 unspecified atom stereocenters. The standard InChI is InChI=1S/C25H20N4O2S/c30-23(14-20-17-32-25(27-20)22-12-7-13-31-22)26-15-19-16-29(21-10-5-2-6-11-21)28-24(19)18-8-3-1-4-9-18/h1-13,16-17H,14-15H2,(H,26,30). The second-order valence-electron chi connectivity index (χ2n) is 7.22. The van der Waals surface area contributed by atoms with Crippen LogP contribution in [0.4, 0.5) is 0 Å². The lowest BCUT2D eigenvalue weighted by Gasteiger charge is -2.05. The first-order valence-electron chi connectivity index (χ1n) is 10.2. The third kappa shape index (κ3) is 4.38. The number of aromatic nitrogens is 3. The van der Waals surface area contributed by atoms with Gasteiger partial charge in [-0.2, -0.15) is 5.10 Å². The van der Waals surface area contributed by atoms with Crippen LogP contribution in [0.2, 0.25) is 0 Å². The van der Waals surface area contributed by atoms with Gasteiger partial charge in [0.1, 0.15) is 0 Å². The van der Waals surface area contributed by atoms with E-state index in [-0.39, 0.29) is 12.3 Å². The van der Waals surface area contributed by atoms with Crippen molar-refractivity contribution in [3.63, 3.8) is 0 Å². The minimum atomic E-state index is -0.0900. The lowest BCUT2D eigenvalue weighted by atomic mass is 10.1. The van der Waals surface area contributed by atoms with Crippen LogP contribution in [0.25, 0.3) is 27.7 Å². The summed E-state index contributed by atoms with van der Waals surface area (Å²) < 4.78 is 7.22. The zero-order valence-electron chi connectivity index (χ0n) is 17.1. The van der Waals surface area contributed by atoms with Gasteiger partial charge in [0, 0.05) is 29.2 Å². The summed E-state index contributed by atoms with van der Waals surface area (Å²) in [5.41, 5.74) is 4.50. The van der Waals surface area contributed by atoms with Gasteiger partial charge in [-0.1, -0.05) is 48.5 Å². The van der Waals surface area contributed by atoms with Gasteiger partial charge < -0.3 is 9.73 Å². The second-order valence-corrected chi connectivity index (χ2v) is 8.08. The van der Waals surface area contributed by atoms with E-state index in [1.807, 2.05) is 89.1 Å². The molecule has 3 aromatic heterocycles. The van der Waals surface area contributed by atoms with Crippen molar-refractivity contribution < 1.29 is 9.21 Å². The van der Waals surface area contributed by atoms with Crippen LogP contribution in [0.3, 0.4) is 0 Å². The molecule has 1 N–H and O–H groups in total. The van der Waals surface area contributed by atoms with E-state index in [4.69, 9.17) is 9.52 Å². The molecule has 0 atom stereocenters. The topological polar surface area (TPSA) is 73.0 Å². The molecule has 1 amide bonds. The molecule has 0 bridgehead atoms. The Bertz CT molecular complexity index is 1310. The van der Waals surface area contributed by atoms with E-state index in [9.17, 15) is 4.79 Å². The van der Waals surface area contributed by atoms with Crippen molar-refractivity contribution in [1.82, 2.24) is 20.1 Å². The Morgan fingerprint density at radius 2 is 1.78 bits per heavy atom. The van der Waals surface area contributed by atoms with Gasteiger partial charge >= 0.3 is 0 Å². The molecule has 5 rings (SSSR count). The van der Waals surface area contributed by atoms with Gasteiger partial charge in [-0.15, -0.1) is 11.3 Å². The van der Waals surface area contributed by atoms with Crippen molar-refractivity contribution in [2.45, 2.75) is 13.0 Å². The maximum absolute atomic E-state index is 12.6. The molecule has 7 heteroatoms. The molecule has 5 aromatic rings. The zero-order chi connectivity index (χ0) is 21.8. The number of carbonyl (C=O) groups excluding carboxylic acids is 1. The Balaban J connectivity index is 1.32. The van der Waals surface area contributed by atoms with Crippen LogP contribution in [0, 0.1) is 0 Å². The Morgan fingerprint density at radius 1 is 1.00 bits per heavy atom. The molecule has 0 aliphatic carbocycles. The van der Waals surface area contributed by atoms with Crippen molar-refractivity contribution in [2.24, 2.45) is 0 Å². The van der Waals surface area contributed by atoms with E-state index in [0.29, 0.717) is 12.3 Å². The summed E-state index contributed by atoms with van der Waals surface area (Å²) in [7, 11) is 0. The smallest absolute Gasteiger partial charge is 0.226 e. The molecule has 0 aliphatic heterocycles. The van der Waals surface area contributed by atoms with E-state index in [0.717, 1.165) is 33.2 Å². The maximum atomic E-state index is 12.6. The fourth-order valence-corrected chi connectivity index (χ4v) is 4.20.